The number of benzene rings is 1. The summed E-state index contributed by atoms with van der Waals surface area (Å²) in [5.41, 5.74) is 11.6. The average molecular weight is 293 g/mol. The molecule has 5 nitrogen and oxygen atoms in total. The van der Waals surface area contributed by atoms with Gasteiger partial charge in [0.2, 0.25) is 11.8 Å². The fourth-order valence-corrected chi connectivity index (χ4v) is 3.04. The lowest BCUT2D eigenvalue weighted by molar-refractivity contribution is -0.132. The van der Waals surface area contributed by atoms with Gasteiger partial charge in [-0.3, -0.25) is 9.59 Å². The molecule has 1 atom stereocenters. The van der Waals surface area contributed by atoms with Crippen molar-refractivity contribution < 1.29 is 9.59 Å². The van der Waals surface area contributed by atoms with E-state index >= 15 is 0 Å². The normalized spacial score (nSPS) is 18.8. The van der Waals surface area contributed by atoms with E-state index in [2.05, 4.69) is 0 Å². The van der Waals surface area contributed by atoms with Gasteiger partial charge in [-0.15, -0.1) is 11.8 Å². The maximum absolute atomic E-state index is 12.1. The summed E-state index contributed by atoms with van der Waals surface area (Å²) in [4.78, 5) is 26.1. The highest BCUT2D eigenvalue weighted by atomic mass is 32.2. The van der Waals surface area contributed by atoms with Crippen LogP contribution in [0.2, 0.25) is 0 Å². The van der Waals surface area contributed by atoms with Gasteiger partial charge in [0.15, 0.2) is 0 Å². The molecule has 2 amide bonds. The molecule has 2 rings (SSSR count). The Bertz CT molecular complexity index is 490. The number of nitrogens with two attached hydrogens (primary N) is 2. The SMILES string of the molecule is NC(=O)C1CCCN(C(=O)CSc2ccc(N)cc2)C1. The molecule has 0 saturated carbocycles. The number of anilines is 1. The first kappa shape index (κ1) is 14.7. The minimum atomic E-state index is -0.311. The Morgan fingerprint density at radius 1 is 1.30 bits per heavy atom. The van der Waals surface area contributed by atoms with Crippen LogP contribution in [0.4, 0.5) is 5.69 Å². The Labute approximate surface area is 122 Å². The van der Waals surface area contributed by atoms with Crippen molar-refractivity contribution in [2.45, 2.75) is 17.7 Å². The zero-order chi connectivity index (χ0) is 14.5. The third-order valence-electron chi connectivity index (χ3n) is 3.42. The van der Waals surface area contributed by atoms with Gasteiger partial charge in [-0.2, -0.15) is 0 Å². The Morgan fingerprint density at radius 2 is 2.00 bits per heavy atom. The molecule has 1 fully saturated rings. The summed E-state index contributed by atoms with van der Waals surface area (Å²) in [5, 5.41) is 0. The van der Waals surface area contributed by atoms with Crippen molar-refractivity contribution in [3.8, 4) is 0 Å². The van der Waals surface area contributed by atoms with E-state index in [0.29, 0.717) is 24.5 Å². The minimum absolute atomic E-state index is 0.0535. The first-order chi connectivity index (χ1) is 9.56. The molecule has 1 aliphatic rings. The molecule has 0 spiro atoms. The quantitative estimate of drug-likeness (QED) is 0.642. The number of rotatable bonds is 4. The van der Waals surface area contributed by atoms with Crippen LogP contribution in [0.5, 0.6) is 0 Å². The fraction of sp³-hybridized carbons (Fsp3) is 0.429. The van der Waals surface area contributed by atoms with Crippen LogP contribution in [0.25, 0.3) is 0 Å². The van der Waals surface area contributed by atoms with Crippen molar-refractivity contribution in [1.29, 1.82) is 0 Å². The van der Waals surface area contributed by atoms with Crippen LogP contribution in [-0.2, 0) is 9.59 Å². The second kappa shape index (κ2) is 6.65. The lowest BCUT2D eigenvalue weighted by Gasteiger charge is -2.31. The number of nitrogen functional groups attached to an aromatic ring is 1. The lowest BCUT2D eigenvalue weighted by atomic mass is 9.97. The monoisotopic (exact) mass is 293 g/mol. The topological polar surface area (TPSA) is 89.4 Å². The van der Waals surface area contributed by atoms with Crippen LogP contribution in [-0.4, -0.2) is 35.6 Å². The maximum atomic E-state index is 12.1. The highest BCUT2D eigenvalue weighted by molar-refractivity contribution is 8.00. The molecular weight excluding hydrogens is 274 g/mol. The molecule has 1 saturated heterocycles. The molecule has 108 valence electrons. The Morgan fingerprint density at radius 3 is 2.65 bits per heavy atom. The van der Waals surface area contributed by atoms with E-state index in [-0.39, 0.29) is 17.7 Å². The van der Waals surface area contributed by atoms with Gasteiger partial charge >= 0.3 is 0 Å². The maximum Gasteiger partial charge on any atom is 0.232 e. The second-order valence-electron chi connectivity index (χ2n) is 4.94. The number of nitrogens with zero attached hydrogens (tertiary/aromatic N) is 1. The lowest BCUT2D eigenvalue weighted by Crippen LogP contribution is -2.44. The van der Waals surface area contributed by atoms with Gasteiger partial charge in [0, 0.05) is 23.7 Å². The summed E-state index contributed by atoms with van der Waals surface area (Å²) in [5.74, 6) is -0.0873. The molecule has 20 heavy (non-hydrogen) atoms. The van der Waals surface area contributed by atoms with Gasteiger partial charge in [0.05, 0.1) is 11.7 Å². The van der Waals surface area contributed by atoms with Crippen LogP contribution < -0.4 is 11.5 Å². The van der Waals surface area contributed by atoms with Gasteiger partial charge < -0.3 is 16.4 Å². The van der Waals surface area contributed by atoms with Crippen LogP contribution >= 0.6 is 11.8 Å². The van der Waals surface area contributed by atoms with Crippen LogP contribution in [0.3, 0.4) is 0 Å². The van der Waals surface area contributed by atoms with Gasteiger partial charge in [-0.05, 0) is 37.1 Å². The van der Waals surface area contributed by atoms with Gasteiger partial charge in [-0.1, -0.05) is 0 Å². The highest BCUT2D eigenvalue weighted by Gasteiger charge is 2.26. The van der Waals surface area contributed by atoms with Crippen LogP contribution in [0, 0.1) is 5.92 Å². The Balaban J connectivity index is 1.85. The number of hydrogen-bond acceptors (Lipinski definition) is 4. The summed E-state index contributed by atoms with van der Waals surface area (Å²) in [6.45, 7) is 1.17. The number of piperidine rings is 1. The molecule has 1 heterocycles. The average Bonchev–Trinajstić information content (AvgIpc) is 2.46. The van der Waals surface area contributed by atoms with Gasteiger partial charge in [0.25, 0.3) is 0 Å². The van der Waals surface area contributed by atoms with Crippen molar-refractivity contribution >= 4 is 29.3 Å². The summed E-state index contributed by atoms with van der Waals surface area (Å²) < 4.78 is 0. The van der Waals surface area contributed by atoms with E-state index in [1.807, 2.05) is 24.3 Å². The molecule has 1 aromatic rings. The number of hydrogen-bond donors (Lipinski definition) is 2. The summed E-state index contributed by atoms with van der Waals surface area (Å²) in [6.07, 6.45) is 1.62. The van der Waals surface area contributed by atoms with Gasteiger partial charge in [0.1, 0.15) is 0 Å². The number of carbonyl (C=O) groups is 2. The zero-order valence-corrected chi connectivity index (χ0v) is 12.1. The van der Waals surface area contributed by atoms with E-state index < -0.39 is 0 Å². The smallest absolute Gasteiger partial charge is 0.232 e. The molecular formula is C14H19N3O2S. The Kier molecular flexibility index (Phi) is 4.89. The van der Waals surface area contributed by atoms with E-state index in [4.69, 9.17) is 11.5 Å². The zero-order valence-electron chi connectivity index (χ0n) is 11.2. The first-order valence-corrected chi connectivity index (χ1v) is 7.60. The largest absolute Gasteiger partial charge is 0.399 e. The fourth-order valence-electron chi connectivity index (χ4n) is 2.24. The number of thioether (sulfide) groups is 1. The summed E-state index contributed by atoms with van der Waals surface area (Å²) in [7, 11) is 0. The molecule has 0 radical (unpaired) electrons. The third-order valence-corrected chi connectivity index (χ3v) is 4.42. The van der Waals surface area contributed by atoms with E-state index in [0.717, 1.165) is 17.7 Å². The summed E-state index contributed by atoms with van der Waals surface area (Å²) in [6, 6.07) is 7.43. The van der Waals surface area contributed by atoms with Crippen LogP contribution in [0.15, 0.2) is 29.2 Å². The molecule has 0 bridgehead atoms. The molecule has 1 aliphatic heterocycles. The first-order valence-electron chi connectivity index (χ1n) is 6.61. The predicted octanol–water partition coefficient (Wildman–Crippen LogP) is 1.08. The highest BCUT2D eigenvalue weighted by Crippen LogP contribution is 2.21. The molecule has 0 aromatic heterocycles. The minimum Gasteiger partial charge on any atom is -0.399 e. The van der Waals surface area contributed by atoms with Gasteiger partial charge in [-0.25, -0.2) is 0 Å². The van der Waals surface area contributed by atoms with Crippen molar-refractivity contribution in [1.82, 2.24) is 4.90 Å². The molecule has 0 aliphatic carbocycles. The molecule has 1 unspecified atom stereocenters. The van der Waals surface area contributed by atoms with Crippen LogP contribution in [0.1, 0.15) is 12.8 Å². The molecule has 1 aromatic carbocycles. The second-order valence-corrected chi connectivity index (χ2v) is 5.99. The van der Waals surface area contributed by atoms with Crippen molar-refractivity contribution in [2.75, 3.05) is 24.6 Å². The third kappa shape index (κ3) is 3.90. The standard InChI is InChI=1S/C14H19N3O2S/c15-11-3-5-12(6-4-11)20-9-13(18)17-7-1-2-10(8-17)14(16)19/h3-6,10H,1-2,7-9,15H2,(H2,16,19). The number of likely N-dealkylation sites (tertiary alicyclic amines) is 1. The Hall–Kier alpha value is -1.69. The predicted molar refractivity (Wildman–Crippen MR) is 80.1 cm³/mol. The number of amides is 2. The number of primary amides is 1. The van der Waals surface area contributed by atoms with Crippen molar-refractivity contribution in [3.05, 3.63) is 24.3 Å². The van der Waals surface area contributed by atoms with E-state index in [1.54, 1.807) is 4.90 Å². The molecule has 6 heteroatoms. The van der Waals surface area contributed by atoms with E-state index in [9.17, 15) is 9.59 Å². The van der Waals surface area contributed by atoms with E-state index in [1.165, 1.54) is 11.8 Å². The van der Waals surface area contributed by atoms with Crippen molar-refractivity contribution in [2.24, 2.45) is 11.7 Å². The van der Waals surface area contributed by atoms with Crippen molar-refractivity contribution in [3.63, 3.8) is 0 Å². The summed E-state index contributed by atoms with van der Waals surface area (Å²) >= 11 is 1.48. The number of carbonyl (C=O) groups excluding carboxylic acids is 2. The molecule has 4 N–H and O–H groups in total.